The van der Waals surface area contributed by atoms with Gasteiger partial charge in [-0.25, -0.2) is 4.79 Å². The lowest BCUT2D eigenvalue weighted by atomic mass is 9.98. The molecule has 3 rings (SSSR count). The molecule has 0 bridgehead atoms. The molecule has 0 spiro atoms. The number of H-pyrrole nitrogens is 1. The van der Waals surface area contributed by atoms with Crippen LogP contribution < -0.4 is 0 Å². The highest BCUT2D eigenvalue weighted by Crippen LogP contribution is 2.24. The van der Waals surface area contributed by atoms with Crippen LogP contribution in [0.3, 0.4) is 0 Å². The Hall–Kier alpha value is -1.99. The molecule has 2 atom stereocenters. The average Bonchev–Trinajstić information content (AvgIpc) is 3.16. The largest absolute Gasteiger partial charge is 0.510 e. The highest BCUT2D eigenvalue weighted by molar-refractivity contribution is 5.74. The number of aliphatic hydroxyl groups is 1. The predicted octanol–water partition coefficient (Wildman–Crippen LogP) is 3.99. The maximum absolute atomic E-state index is 11.9. The van der Waals surface area contributed by atoms with Crippen LogP contribution in [0.25, 0.3) is 11.1 Å². The van der Waals surface area contributed by atoms with Crippen molar-refractivity contribution in [1.82, 2.24) is 4.98 Å². The molecular weight excluding hydrogens is 314 g/mol. The molecule has 1 fully saturated rings. The Balaban J connectivity index is 1.51. The summed E-state index contributed by atoms with van der Waals surface area (Å²) in [4.78, 5) is 14.9. The van der Waals surface area contributed by atoms with Crippen LogP contribution in [-0.4, -0.2) is 28.6 Å². The van der Waals surface area contributed by atoms with Gasteiger partial charge >= 0.3 is 6.16 Å². The van der Waals surface area contributed by atoms with Crippen LogP contribution in [0.5, 0.6) is 0 Å². The van der Waals surface area contributed by atoms with Gasteiger partial charge in [-0.3, -0.25) is 0 Å². The smallest absolute Gasteiger partial charge is 0.463 e. The fourth-order valence-electron chi connectivity index (χ4n) is 2.88. The summed E-state index contributed by atoms with van der Waals surface area (Å²) in [5.41, 5.74) is 1.82. The van der Waals surface area contributed by atoms with Gasteiger partial charge in [-0.2, -0.15) is 0 Å². The number of fused-ring (bicyclic) bond motifs is 1. The van der Waals surface area contributed by atoms with Crippen LogP contribution in [0, 0.1) is 0 Å². The third-order valence-corrected chi connectivity index (χ3v) is 4.18. The zero-order valence-electron chi connectivity index (χ0n) is 13.7. The number of rotatable bonds is 6. The van der Waals surface area contributed by atoms with E-state index >= 15 is 0 Å². The molecule has 24 heavy (non-hydrogen) atoms. The lowest BCUT2D eigenvalue weighted by molar-refractivity contribution is -0.220. The summed E-state index contributed by atoms with van der Waals surface area (Å²) in [6.45, 7) is 1.80. The van der Waals surface area contributed by atoms with Crippen molar-refractivity contribution in [3.05, 3.63) is 24.1 Å². The summed E-state index contributed by atoms with van der Waals surface area (Å²) in [6.07, 6.45) is 4.05. The van der Waals surface area contributed by atoms with Crippen molar-refractivity contribution in [2.24, 2.45) is 0 Å². The summed E-state index contributed by atoms with van der Waals surface area (Å²) in [5, 5.41) is 10.1. The average molecular weight is 337 g/mol. The Morgan fingerprint density at radius 3 is 2.92 bits per heavy atom. The van der Waals surface area contributed by atoms with Gasteiger partial charge in [0.25, 0.3) is 0 Å². The Kier molecular flexibility index (Phi) is 5.42. The van der Waals surface area contributed by atoms with Crippen molar-refractivity contribution < 1.29 is 28.5 Å². The van der Waals surface area contributed by atoms with Crippen LogP contribution in [-0.2, 0) is 14.2 Å². The van der Waals surface area contributed by atoms with Gasteiger partial charge < -0.3 is 28.7 Å². The third kappa shape index (κ3) is 4.10. The van der Waals surface area contributed by atoms with Gasteiger partial charge in [0.2, 0.25) is 12.6 Å². The number of aliphatic hydroxyl groups excluding tert-OH is 1. The first-order valence-corrected chi connectivity index (χ1v) is 8.42. The molecule has 132 valence electrons. The van der Waals surface area contributed by atoms with Crippen LogP contribution in [0.2, 0.25) is 0 Å². The molecular formula is C17H23NO6. The first kappa shape index (κ1) is 16.9. The van der Waals surface area contributed by atoms with Gasteiger partial charge in [0.05, 0.1) is 17.5 Å². The summed E-state index contributed by atoms with van der Waals surface area (Å²) in [5.74, 6) is 0. The molecule has 2 N–H and O–H groups in total. The molecule has 0 radical (unpaired) electrons. The van der Waals surface area contributed by atoms with E-state index < -0.39 is 18.7 Å². The Morgan fingerprint density at radius 2 is 2.21 bits per heavy atom. The standard InChI is InChI=1S/C17H23NO6/c1-2-15(24-17(20)22-11-6-4-3-5-7-11)23-16(19)13-10-14-12(18-13)8-9-21-14/h8-11,15-16,18-19H,2-7H2,1H3. The number of furan rings is 1. The van der Waals surface area contributed by atoms with Crippen molar-refractivity contribution >= 4 is 17.3 Å². The number of hydrogen-bond donors (Lipinski definition) is 2. The zero-order valence-corrected chi connectivity index (χ0v) is 13.7. The number of hydrogen-bond acceptors (Lipinski definition) is 6. The minimum Gasteiger partial charge on any atom is -0.463 e. The monoisotopic (exact) mass is 337 g/mol. The minimum atomic E-state index is -1.25. The zero-order chi connectivity index (χ0) is 16.9. The van der Waals surface area contributed by atoms with Gasteiger partial charge in [-0.05, 0) is 25.7 Å². The number of ether oxygens (including phenoxy) is 3. The Bertz CT molecular complexity index is 628. The maximum Gasteiger partial charge on any atom is 0.510 e. The van der Waals surface area contributed by atoms with E-state index in [1.165, 1.54) is 6.42 Å². The second-order valence-corrected chi connectivity index (χ2v) is 6.00. The summed E-state index contributed by atoms with van der Waals surface area (Å²) in [6, 6.07) is 3.40. The maximum atomic E-state index is 11.9. The first-order chi connectivity index (χ1) is 11.7. The van der Waals surface area contributed by atoms with Gasteiger partial charge in [-0.15, -0.1) is 0 Å². The van der Waals surface area contributed by atoms with Crippen molar-refractivity contribution in [3.63, 3.8) is 0 Å². The lowest BCUT2D eigenvalue weighted by Crippen LogP contribution is -2.27. The predicted molar refractivity (Wildman–Crippen MR) is 85.1 cm³/mol. The summed E-state index contributed by atoms with van der Waals surface area (Å²) >= 11 is 0. The number of nitrogens with one attached hydrogen (secondary N) is 1. The quantitative estimate of drug-likeness (QED) is 0.611. The lowest BCUT2D eigenvalue weighted by Gasteiger charge is -2.24. The Morgan fingerprint density at radius 1 is 1.42 bits per heavy atom. The van der Waals surface area contributed by atoms with Gasteiger partial charge in [-0.1, -0.05) is 13.3 Å². The normalized spacial score (nSPS) is 18.4. The van der Waals surface area contributed by atoms with E-state index in [1.54, 1.807) is 25.3 Å². The molecule has 0 saturated heterocycles. The van der Waals surface area contributed by atoms with E-state index in [-0.39, 0.29) is 6.10 Å². The van der Waals surface area contributed by atoms with E-state index in [0.29, 0.717) is 17.7 Å². The summed E-state index contributed by atoms with van der Waals surface area (Å²) in [7, 11) is 0. The van der Waals surface area contributed by atoms with Crippen molar-refractivity contribution in [2.75, 3.05) is 0 Å². The molecule has 0 amide bonds. The molecule has 0 aliphatic heterocycles. The third-order valence-electron chi connectivity index (χ3n) is 4.18. The van der Waals surface area contributed by atoms with Gasteiger partial charge in [0.1, 0.15) is 6.10 Å². The molecule has 7 nitrogen and oxygen atoms in total. The highest BCUT2D eigenvalue weighted by Gasteiger charge is 2.24. The number of carbonyl (C=O) groups excluding carboxylic acids is 1. The fourth-order valence-corrected chi connectivity index (χ4v) is 2.88. The van der Waals surface area contributed by atoms with E-state index in [1.807, 2.05) is 0 Å². The van der Waals surface area contributed by atoms with E-state index in [2.05, 4.69) is 4.98 Å². The molecule has 2 heterocycles. The molecule has 1 saturated carbocycles. The van der Waals surface area contributed by atoms with E-state index in [4.69, 9.17) is 18.6 Å². The van der Waals surface area contributed by atoms with Gasteiger partial charge in [0, 0.05) is 18.6 Å². The van der Waals surface area contributed by atoms with Crippen LogP contribution in [0.1, 0.15) is 57.4 Å². The van der Waals surface area contributed by atoms with Crippen molar-refractivity contribution in [1.29, 1.82) is 0 Å². The van der Waals surface area contributed by atoms with Crippen LogP contribution in [0.4, 0.5) is 4.79 Å². The van der Waals surface area contributed by atoms with E-state index in [0.717, 1.165) is 31.2 Å². The van der Waals surface area contributed by atoms with Gasteiger partial charge in [0.15, 0.2) is 5.58 Å². The summed E-state index contributed by atoms with van der Waals surface area (Å²) < 4.78 is 21.1. The minimum absolute atomic E-state index is 0.0796. The molecule has 7 heteroatoms. The Labute approximate surface area is 139 Å². The van der Waals surface area contributed by atoms with Crippen LogP contribution >= 0.6 is 0 Å². The number of carbonyl (C=O) groups is 1. The first-order valence-electron chi connectivity index (χ1n) is 8.42. The molecule has 2 unspecified atom stereocenters. The second kappa shape index (κ2) is 7.72. The molecule has 2 aromatic rings. The van der Waals surface area contributed by atoms with Crippen LogP contribution in [0.15, 0.2) is 22.8 Å². The fraction of sp³-hybridized carbons (Fsp3) is 0.588. The highest BCUT2D eigenvalue weighted by atomic mass is 16.8. The topological polar surface area (TPSA) is 93.9 Å². The number of aromatic nitrogens is 1. The second-order valence-electron chi connectivity index (χ2n) is 6.00. The van der Waals surface area contributed by atoms with Crippen molar-refractivity contribution in [3.8, 4) is 0 Å². The molecule has 0 aromatic carbocycles. The molecule has 1 aliphatic rings. The molecule has 1 aliphatic carbocycles. The SMILES string of the molecule is CCC(OC(=O)OC1CCCCC1)OC(O)c1cc2occc2[nH]1. The molecule has 2 aromatic heterocycles. The number of aromatic amines is 1. The van der Waals surface area contributed by atoms with Crippen molar-refractivity contribution in [2.45, 2.75) is 64.1 Å². The van der Waals surface area contributed by atoms with E-state index in [9.17, 15) is 9.90 Å².